The van der Waals surface area contributed by atoms with E-state index in [4.69, 9.17) is 4.74 Å². The molecule has 0 fully saturated rings. The van der Waals surface area contributed by atoms with Gasteiger partial charge in [0.25, 0.3) is 5.91 Å². The summed E-state index contributed by atoms with van der Waals surface area (Å²) in [5.41, 5.74) is 0.573. The van der Waals surface area contributed by atoms with Crippen LogP contribution in [0.2, 0.25) is 0 Å². The lowest BCUT2D eigenvalue weighted by Gasteiger charge is -2.25. The molecule has 0 saturated heterocycles. The predicted molar refractivity (Wildman–Crippen MR) is 124 cm³/mol. The summed E-state index contributed by atoms with van der Waals surface area (Å²) in [6, 6.07) is 9.27. The second-order valence-electron chi connectivity index (χ2n) is 8.37. The first-order valence-electron chi connectivity index (χ1n) is 11.0. The van der Waals surface area contributed by atoms with Crippen LogP contribution in [0.3, 0.4) is 0 Å². The Morgan fingerprint density at radius 1 is 1.05 bits per heavy atom. The smallest absolute Gasteiger partial charge is 0.503 e. The Hall–Kier alpha value is -4.48. The molecule has 1 atom stereocenters. The molecule has 4 rings (SSSR count). The van der Waals surface area contributed by atoms with E-state index in [9.17, 15) is 27.9 Å². The Morgan fingerprint density at radius 3 is 2.30 bits per heavy atom. The van der Waals surface area contributed by atoms with Gasteiger partial charge in [-0.2, -0.15) is 5.10 Å². The van der Waals surface area contributed by atoms with E-state index in [1.54, 1.807) is 25.1 Å². The van der Waals surface area contributed by atoms with E-state index < -0.39 is 35.6 Å². The number of nitrogens with zero attached hydrogens (tertiary/aromatic N) is 4. The van der Waals surface area contributed by atoms with Crippen molar-refractivity contribution in [1.82, 2.24) is 15.2 Å². The van der Waals surface area contributed by atoms with Gasteiger partial charge in [0, 0.05) is 17.8 Å². The highest BCUT2D eigenvalue weighted by Gasteiger charge is 2.45. The van der Waals surface area contributed by atoms with E-state index >= 15 is 0 Å². The summed E-state index contributed by atoms with van der Waals surface area (Å²) in [5.74, 6) is -2.64. The fraction of sp³-hybridized carbons (Fsp3) is 0.240. The molecule has 1 amide bonds. The minimum atomic E-state index is -4.90. The number of aliphatic hydroxyl groups excluding tert-OH is 1. The first-order chi connectivity index (χ1) is 17.4. The van der Waals surface area contributed by atoms with Crippen LogP contribution in [-0.4, -0.2) is 44.4 Å². The minimum Gasteiger partial charge on any atom is -0.503 e. The number of aryl methyl sites for hydroxylation is 1. The Balaban J connectivity index is 1.76. The van der Waals surface area contributed by atoms with Crippen LogP contribution in [0.5, 0.6) is 11.6 Å². The molecule has 3 aromatic rings. The second-order valence-corrected chi connectivity index (χ2v) is 8.37. The Labute approximate surface area is 209 Å². The molecule has 1 aliphatic heterocycles. The molecule has 0 bridgehead atoms. The van der Waals surface area contributed by atoms with Crippen LogP contribution >= 0.6 is 0 Å². The number of amides is 1. The molecule has 192 valence electrons. The summed E-state index contributed by atoms with van der Waals surface area (Å²) >= 11 is 0. The van der Waals surface area contributed by atoms with Gasteiger partial charge in [-0.1, -0.05) is 0 Å². The molecule has 1 N–H and O–H groups in total. The number of hydrogen-bond donors (Lipinski definition) is 1. The number of Topliss-reactive ketones (excluding diaryl/α,β-unsaturated/α-hetero) is 1. The van der Waals surface area contributed by atoms with Crippen LogP contribution in [0, 0.1) is 6.92 Å². The number of hydrogen-bond acceptors (Lipinski definition) is 8. The van der Waals surface area contributed by atoms with Crippen LogP contribution < -0.4 is 14.4 Å². The number of pyridine rings is 1. The lowest BCUT2D eigenvalue weighted by molar-refractivity contribution is -0.274. The van der Waals surface area contributed by atoms with Crippen LogP contribution in [0.1, 0.15) is 41.5 Å². The van der Waals surface area contributed by atoms with Gasteiger partial charge in [0.1, 0.15) is 5.75 Å². The lowest BCUT2D eigenvalue weighted by atomic mass is 9.93. The van der Waals surface area contributed by atoms with Crippen molar-refractivity contribution in [2.75, 3.05) is 4.90 Å². The van der Waals surface area contributed by atoms with Gasteiger partial charge in [-0.25, -0.2) is 4.98 Å². The first-order valence-corrected chi connectivity index (χ1v) is 11.0. The summed E-state index contributed by atoms with van der Waals surface area (Å²) in [6.07, 6.45) is -3.64. The Morgan fingerprint density at radius 2 is 1.76 bits per heavy atom. The van der Waals surface area contributed by atoms with E-state index in [1.165, 1.54) is 12.3 Å². The van der Waals surface area contributed by atoms with E-state index in [0.717, 1.165) is 29.2 Å². The van der Waals surface area contributed by atoms with Crippen molar-refractivity contribution in [1.29, 1.82) is 0 Å². The average Bonchev–Trinajstić information content (AvgIpc) is 3.09. The number of aromatic nitrogens is 3. The summed E-state index contributed by atoms with van der Waals surface area (Å²) in [7, 11) is 0. The minimum absolute atomic E-state index is 0.0709. The average molecular weight is 514 g/mol. The molecule has 1 unspecified atom stereocenters. The first kappa shape index (κ1) is 25.6. The highest BCUT2D eigenvalue weighted by molar-refractivity contribution is 6.20. The van der Waals surface area contributed by atoms with Gasteiger partial charge in [-0.05, 0) is 68.8 Å². The molecule has 0 radical (unpaired) electrons. The number of carbonyl (C=O) groups excluding carboxylic acids is 2. The zero-order valence-corrected chi connectivity index (χ0v) is 19.9. The van der Waals surface area contributed by atoms with Gasteiger partial charge >= 0.3 is 6.36 Å². The molecule has 2 aromatic heterocycles. The van der Waals surface area contributed by atoms with Crippen LogP contribution in [0.15, 0.2) is 66.1 Å². The molecule has 0 saturated carbocycles. The van der Waals surface area contributed by atoms with E-state index in [-0.39, 0.29) is 23.1 Å². The largest absolute Gasteiger partial charge is 0.573 e. The predicted octanol–water partition coefficient (Wildman–Crippen LogP) is 4.65. The SMILES string of the molecule is Cc1ccc(N2C(=O)C(O)=C(C(=O)c3ccc(OC(F)(F)F)cc3)C2c2ccc(OC(C)C)nc2)nn1. The fourth-order valence-corrected chi connectivity index (χ4v) is 3.74. The third-order valence-electron chi connectivity index (χ3n) is 5.26. The number of ether oxygens (including phenoxy) is 2. The van der Waals surface area contributed by atoms with Crippen LogP contribution in [0.25, 0.3) is 0 Å². The normalized spacial score (nSPS) is 15.9. The molecule has 37 heavy (non-hydrogen) atoms. The fourth-order valence-electron chi connectivity index (χ4n) is 3.74. The van der Waals surface area contributed by atoms with Crippen molar-refractivity contribution in [3.8, 4) is 11.6 Å². The van der Waals surface area contributed by atoms with Crippen molar-refractivity contribution in [3.05, 3.63) is 82.9 Å². The number of anilines is 1. The quantitative estimate of drug-likeness (QED) is 0.453. The van der Waals surface area contributed by atoms with E-state index in [1.807, 2.05) is 13.8 Å². The third kappa shape index (κ3) is 5.52. The van der Waals surface area contributed by atoms with Crippen molar-refractivity contribution in [2.24, 2.45) is 0 Å². The molecule has 1 aromatic carbocycles. The number of alkyl halides is 3. The zero-order valence-electron chi connectivity index (χ0n) is 19.9. The highest BCUT2D eigenvalue weighted by atomic mass is 19.4. The molecular weight excluding hydrogens is 493 g/mol. The highest BCUT2D eigenvalue weighted by Crippen LogP contribution is 2.41. The Bertz CT molecular complexity index is 1340. The van der Waals surface area contributed by atoms with Crippen molar-refractivity contribution >= 4 is 17.5 Å². The number of benzene rings is 1. The number of carbonyl (C=O) groups is 2. The second kappa shape index (κ2) is 9.88. The molecule has 0 spiro atoms. The standard InChI is InChI=1S/C25H21F3N4O5/c1-13(2)36-19-11-7-16(12-29-19)21-20(22(33)15-5-8-17(9-6-15)37-25(26,27)28)23(34)24(35)32(21)18-10-4-14(3)30-31-18/h4-13,21,34H,1-3H3. The third-order valence-corrected chi connectivity index (χ3v) is 5.26. The van der Waals surface area contributed by atoms with Gasteiger partial charge < -0.3 is 14.6 Å². The van der Waals surface area contributed by atoms with Gasteiger partial charge in [-0.3, -0.25) is 14.5 Å². The van der Waals surface area contributed by atoms with Crippen molar-refractivity contribution < 1.29 is 37.3 Å². The zero-order chi connectivity index (χ0) is 26.9. The van der Waals surface area contributed by atoms with Gasteiger partial charge in [0.05, 0.1) is 23.4 Å². The number of ketones is 1. The molecule has 1 aliphatic rings. The maximum Gasteiger partial charge on any atom is 0.573 e. The molecule has 0 aliphatic carbocycles. The lowest BCUT2D eigenvalue weighted by Crippen LogP contribution is -2.32. The summed E-state index contributed by atoms with van der Waals surface area (Å²) in [6.45, 7) is 5.35. The summed E-state index contributed by atoms with van der Waals surface area (Å²) < 4.78 is 46.9. The topological polar surface area (TPSA) is 115 Å². The maximum absolute atomic E-state index is 13.5. The molecular formula is C25H21F3N4O5. The van der Waals surface area contributed by atoms with Crippen molar-refractivity contribution in [2.45, 2.75) is 39.3 Å². The van der Waals surface area contributed by atoms with Crippen LogP contribution in [-0.2, 0) is 4.79 Å². The molecule has 12 heteroatoms. The van der Waals surface area contributed by atoms with E-state index in [2.05, 4.69) is 19.9 Å². The van der Waals surface area contributed by atoms with Crippen molar-refractivity contribution in [3.63, 3.8) is 0 Å². The monoisotopic (exact) mass is 514 g/mol. The van der Waals surface area contributed by atoms with Crippen LogP contribution in [0.4, 0.5) is 19.0 Å². The number of halogens is 3. The summed E-state index contributed by atoms with van der Waals surface area (Å²) in [5, 5.41) is 18.8. The van der Waals surface area contributed by atoms with Gasteiger partial charge in [0.15, 0.2) is 17.4 Å². The molecule has 3 heterocycles. The van der Waals surface area contributed by atoms with E-state index in [0.29, 0.717) is 17.1 Å². The van der Waals surface area contributed by atoms with Gasteiger partial charge in [-0.15, -0.1) is 18.3 Å². The summed E-state index contributed by atoms with van der Waals surface area (Å²) in [4.78, 5) is 32.0. The number of rotatable bonds is 7. The van der Waals surface area contributed by atoms with Gasteiger partial charge in [0.2, 0.25) is 5.88 Å². The molecule has 9 nitrogen and oxygen atoms in total. The Kier molecular flexibility index (Phi) is 6.84. The maximum atomic E-state index is 13.5. The number of aliphatic hydroxyl groups is 1.